The standard InChI is InChI=1S/C20H15N3O2S/c21-13-17(19(24)23-20-22-10-11-26-20)12-15-6-8-18(9-7-15)25-14-16-4-2-1-3-5-16/h1-12H,14H2,(H,22,23,24)/b17-12+. The van der Waals surface area contributed by atoms with Gasteiger partial charge in [0.15, 0.2) is 5.13 Å². The molecule has 0 spiro atoms. The Morgan fingerprint density at radius 1 is 1.19 bits per heavy atom. The molecule has 128 valence electrons. The number of hydrogen-bond donors (Lipinski definition) is 1. The molecule has 0 fully saturated rings. The van der Waals surface area contributed by atoms with Crippen LogP contribution in [0.2, 0.25) is 0 Å². The predicted molar refractivity (Wildman–Crippen MR) is 102 cm³/mol. The van der Waals surface area contributed by atoms with E-state index in [1.807, 2.05) is 48.5 Å². The Bertz CT molecular complexity index is 927. The number of nitriles is 1. The van der Waals surface area contributed by atoms with Crippen LogP contribution in [0.3, 0.4) is 0 Å². The second-order valence-electron chi connectivity index (χ2n) is 5.30. The Balaban J connectivity index is 1.64. The molecule has 26 heavy (non-hydrogen) atoms. The normalized spacial score (nSPS) is 10.8. The number of rotatable bonds is 6. The summed E-state index contributed by atoms with van der Waals surface area (Å²) in [5.74, 6) is 0.239. The van der Waals surface area contributed by atoms with Crippen molar-refractivity contribution in [1.29, 1.82) is 5.26 Å². The van der Waals surface area contributed by atoms with Gasteiger partial charge in [-0.1, -0.05) is 42.5 Å². The summed E-state index contributed by atoms with van der Waals surface area (Å²) >= 11 is 1.29. The Kier molecular flexibility index (Phi) is 5.76. The van der Waals surface area contributed by atoms with Gasteiger partial charge in [0.1, 0.15) is 24.0 Å². The Morgan fingerprint density at radius 2 is 1.96 bits per heavy atom. The predicted octanol–water partition coefficient (Wildman–Crippen LogP) is 4.27. The van der Waals surface area contributed by atoms with Crippen LogP contribution in [0.1, 0.15) is 11.1 Å². The van der Waals surface area contributed by atoms with Crippen LogP contribution in [0.25, 0.3) is 6.08 Å². The van der Waals surface area contributed by atoms with Gasteiger partial charge in [-0.15, -0.1) is 11.3 Å². The summed E-state index contributed by atoms with van der Waals surface area (Å²) in [5, 5.41) is 14.0. The lowest BCUT2D eigenvalue weighted by Gasteiger charge is -2.06. The number of carbonyl (C=O) groups excluding carboxylic acids is 1. The Hall–Kier alpha value is -3.43. The van der Waals surface area contributed by atoms with Crippen molar-refractivity contribution in [3.63, 3.8) is 0 Å². The minimum absolute atomic E-state index is 0.0122. The first-order chi connectivity index (χ1) is 12.7. The highest BCUT2D eigenvalue weighted by molar-refractivity contribution is 7.13. The van der Waals surface area contributed by atoms with E-state index >= 15 is 0 Å². The van der Waals surface area contributed by atoms with Crippen molar-refractivity contribution < 1.29 is 9.53 Å². The molecule has 0 saturated carbocycles. The second-order valence-corrected chi connectivity index (χ2v) is 6.20. The highest BCUT2D eigenvalue weighted by Gasteiger charge is 2.10. The summed E-state index contributed by atoms with van der Waals surface area (Å²) in [7, 11) is 0. The van der Waals surface area contributed by atoms with Crippen molar-refractivity contribution in [3.8, 4) is 11.8 Å². The van der Waals surface area contributed by atoms with E-state index in [0.717, 1.165) is 16.9 Å². The van der Waals surface area contributed by atoms with Crippen molar-refractivity contribution in [2.75, 3.05) is 5.32 Å². The third-order valence-electron chi connectivity index (χ3n) is 3.46. The van der Waals surface area contributed by atoms with E-state index in [0.29, 0.717) is 11.7 Å². The zero-order chi connectivity index (χ0) is 18.2. The molecule has 3 rings (SSSR count). The van der Waals surface area contributed by atoms with Crippen LogP contribution in [-0.4, -0.2) is 10.9 Å². The summed E-state index contributed by atoms with van der Waals surface area (Å²) in [6.45, 7) is 0.482. The molecule has 5 nitrogen and oxygen atoms in total. The fourth-order valence-corrected chi connectivity index (χ4v) is 2.69. The molecule has 2 aromatic carbocycles. The fourth-order valence-electron chi connectivity index (χ4n) is 2.17. The highest BCUT2D eigenvalue weighted by atomic mass is 32.1. The summed E-state index contributed by atoms with van der Waals surface area (Å²) in [6, 6.07) is 19.0. The van der Waals surface area contributed by atoms with E-state index < -0.39 is 5.91 Å². The van der Waals surface area contributed by atoms with Crippen molar-refractivity contribution in [1.82, 2.24) is 4.98 Å². The van der Waals surface area contributed by atoms with Crippen LogP contribution < -0.4 is 10.1 Å². The molecular formula is C20H15N3O2S. The number of nitrogens with one attached hydrogen (secondary N) is 1. The van der Waals surface area contributed by atoms with Gasteiger partial charge >= 0.3 is 0 Å². The van der Waals surface area contributed by atoms with E-state index in [2.05, 4.69) is 10.3 Å². The molecule has 0 aliphatic heterocycles. The van der Waals surface area contributed by atoms with Crippen LogP contribution >= 0.6 is 11.3 Å². The maximum absolute atomic E-state index is 12.1. The molecule has 0 saturated heterocycles. The van der Waals surface area contributed by atoms with Crippen molar-refractivity contribution in [3.05, 3.63) is 82.9 Å². The second kappa shape index (κ2) is 8.60. The molecule has 0 bridgehead atoms. The van der Waals surface area contributed by atoms with E-state index in [-0.39, 0.29) is 5.57 Å². The lowest BCUT2D eigenvalue weighted by molar-refractivity contribution is -0.112. The zero-order valence-corrected chi connectivity index (χ0v) is 14.6. The molecule has 1 heterocycles. The first-order valence-corrected chi connectivity index (χ1v) is 8.72. The van der Waals surface area contributed by atoms with E-state index in [4.69, 9.17) is 4.74 Å². The van der Waals surface area contributed by atoms with E-state index in [1.54, 1.807) is 23.7 Å². The van der Waals surface area contributed by atoms with Crippen LogP contribution in [0.15, 0.2) is 71.7 Å². The number of anilines is 1. The largest absolute Gasteiger partial charge is 0.489 e. The Morgan fingerprint density at radius 3 is 2.62 bits per heavy atom. The average Bonchev–Trinajstić information content (AvgIpc) is 3.19. The molecule has 0 aliphatic carbocycles. The molecule has 1 aromatic heterocycles. The first-order valence-electron chi connectivity index (χ1n) is 7.84. The topological polar surface area (TPSA) is 75.0 Å². The molecular weight excluding hydrogens is 346 g/mol. The molecule has 0 radical (unpaired) electrons. The van der Waals surface area contributed by atoms with Gasteiger partial charge in [-0.25, -0.2) is 4.98 Å². The van der Waals surface area contributed by atoms with Crippen molar-refractivity contribution in [2.24, 2.45) is 0 Å². The maximum atomic E-state index is 12.1. The first kappa shape index (κ1) is 17.4. The van der Waals surface area contributed by atoms with Crippen LogP contribution in [0, 0.1) is 11.3 Å². The summed E-state index contributed by atoms with van der Waals surface area (Å²) in [5.41, 5.74) is 1.84. The fraction of sp³-hybridized carbons (Fsp3) is 0.0500. The SMILES string of the molecule is N#C/C(=C\c1ccc(OCc2ccccc2)cc1)C(=O)Nc1nccs1. The minimum atomic E-state index is -0.480. The van der Waals surface area contributed by atoms with Gasteiger partial charge in [-0.3, -0.25) is 10.1 Å². The molecule has 0 unspecified atom stereocenters. The molecule has 3 aromatic rings. The summed E-state index contributed by atoms with van der Waals surface area (Å²) in [4.78, 5) is 16.1. The van der Waals surface area contributed by atoms with Crippen LogP contribution in [0.4, 0.5) is 5.13 Å². The third kappa shape index (κ3) is 4.79. The van der Waals surface area contributed by atoms with E-state index in [9.17, 15) is 10.1 Å². The summed E-state index contributed by atoms with van der Waals surface area (Å²) in [6.07, 6.45) is 3.12. The average molecular weight is 361 g/mol. The zero-order valence-electron chi connectivity index (χ0n) is 13.8. The highest BCUT2D eigenvalue weighted by Crippen LogP contribution is 2.17. The molecule has 0 aliphatic rings. The number of carbonyl (C=O) groups is 1. The van der Waals surface area contributed by atoms with Gasteiger partial charge in [0.05, 0.1) is 0 Å². The van der Waals surface area contributed by atoms with Crippen molar-refractivity contribution >= 4 is 28.5 Å². The number of amides is 1. The number of nitrogens with zero attached hydrogens (tertiary/aromatic N) is 2. The molecule has 1 amide bonds. The van der Waals surface area contributed by atoms with Crippen LogP contribution in [0.5, 0.6) is 5.75 Å². The van der Waals surface area contributed by atoms with Crippen LogP contribution in [-0.2, 0) is 11.4 Å². The van der Waals surface area contributed by atoms with Gasteiger partial charge in [-0.05, 0) is 29.3 Å². The van der Waals surface area contributed by atoms with Gasteiger partial charge in [0.25, 0.3) is 5.91 Å². The van der Waals surface area contributed by atoms with E-state index in [1.165, 1.54) is 17.4 Å². The third-order valence-corrected chi connectivity index (χ3v) is 4.15. The van der Waals surface area contributed by atoms with Gasteiger partial charge < -0.3 is 4.74 Å². The smallest absolute Gasteiger partial charge is 0.268 e. The van der Waals surface area contributed by atoms with Gasteiger partial charge in [0.2, 0.25) is 0 Å². The molecule has 6 heteroatoms. The van der Waals surface area contributed by atoms with Gasteiger partial charge in [0, 0.05) is 11.6 Å². The van der Waals surface area contributed by atoms with Gasteiger partial charge in [-0.2, -0.15) is 5.26 Å². The number of ether oxygens (including phenoxy) is 1. The quantitative estimate of drug-likeness (QED) is 0.525. The lowest BCUT2D eigenvalue weighted by Crippen LogP contribution is -2.13. The maximum Gasteiger partial charge on any atom is 0.268 e. The minimum Gasteiger partial charge on any atom is -0.489 e. The number of hydrogen-bond acceptors (Lipinski definition) is 5. The molecule has 1 N–H and O–H groups in total. The number of aromatic nitrogens is 1. The number of benzene rings is 2. The van der Waals surface area contributed by atoms with Crippen molar-refractivity contribution in [2.45, 2.75) is 6.61 Å². The monoisotopic (exact) mass is 361 g/mol. The molecule has 0 atom stereocenters. The number of thiazole rings is 1. The Labute approximate surface area is 155 Å². The summed E-state index contributed by atoms with van der Waals surface area (Å²) < 4.78 is 5.72. The lowest BCUT2D eigenvalue weighted by atomic mass is 10.1.